The summed E-state index contributed by atoms with van der Waals surface area (Å²) in [6.45, 7) is 9.55. The predicted molar refractivity (Wildman–Crippen MR) is 196 cm³/mol. The van der Waals surface area contributed by atoms with Gasteiger partial charge in [0, 0.05) is 30.7 Å². The van der Waals surface area contributed by atoms with E-state index in [1.165, 1.54) is 0 Å². The molecule has 3 amide bonds. The van der Waals surface area contributed by atoms with Crippen LogP contribution in [-0.4, -0.2) is 40.8 Å². The van der Waals surface area contributed by atoms with E-state index in [0.29, 0.717) is 38.5 Å². The zero-order chi connectivity index (χ0) is 35.5. The van der Waals surface area contributed by atoms with Gasteiger partial charge in [-0.05, 0) is 81.9 Å². The van der Waals surface area contributed by atoms with Gasteiger partial charge in [0.1, 0.15) is 11.4 Å². The molecule has 0 aliphatic heterocycles. The first kappa shape index (κ1) is 42.5. The lowest BCUT2D eigenvalue weighted by Crippen LogP contribution is -2.40. The number of hydrogen-bond donors (Lipinski definition) is 3. The van der Waals surface area contributed by atoms with Crippen LogP contribution >= 0.6 is 0 Å². The Labute approximate surface area is 292 Å². The van der Waals surface area contributed by atoms with Crippen molar-refractivity contribution in [1.82, 2.24) is 5.32 Å². The Kier molecular flexibility index (Phi) is 19.3. The Morgan fingerprint density at radius 1 is 0.714 bits per heavy atom. The van der Waals surface area contributed by atoms with E-state index in [2.05, 4.69) is 5.32 Å². The fourth-order valence-electron chi connectivity index (χ4n) is 5.47. The fourth-order valence-corrected chi connectivity index (χ4v) is 5.47. The smallest absolute Gasteiger partial charge is 0.407 e. The van der Waals surface area contributed by atoms with Gasteiger partial charge in [-0.15, -0.1) is 0 Å². The van der Waals surface area contributed by atoms with Gasteiger partial charge in [-0.25, -0.2) is 4.79 Å². The number of carbonyl (C=O) groups is 4. The van der Waals surface area contributed by atoms with Crippen molar-refractivity contribution in [2.75, 3.05) is 0 Å². The van der Waals surface area contributed by atoms with Gasteiger partial charge in [0.15, 0.2) is 0 Å². The molecule has 3 rings (SSSR count). The number of ketones is 1. The summed E-state index contributed by atoms with van der Waals surface area (Å²) < 4.78 is 5.50. The van der Waals surface area contributed by atoms with Crippen LogP contribution in [0.25, 0.3) is 0 Å². The second kappa shape index (κ2) is 22.2. The lowest BCUT2D eigenvalue weighted by molar-refractivity contribution is -0.130. The molecule has 0 spiro atoms. The van der Waals surface area contributed by atoms with Crippen molar-refractivity contribution >= 4 is 23.7 Å². The van der Waals surface area contributed by atoms with E-state index in [1.807, 2.05) is 126 Å². The summed E-state index contributed by atoms with van der Waals surface area (Å²) in [4.78, 5) is 48.6. The van der Waals surface area contributed by atoms with Crippen LogP contribution in [0.1, 0.15) is 83.4 Å². The first-order chi connectivity index (χ1) is 22.7. The maximum Gasteiger partial charge on any atom is 0.407 e. The van der Waals surface area contributed by atoms with Crippen LogP contribution in [0.15, 0.2) is 91.0 Å². The quantitative estimate of drug-likeness (QED) is 0.155. The molecule has 0 bridgehead atoms. The van der Waals surface area contributed by atoms with E-state index in [4.69, 9.17) is 16.2 Å². The Balaban J connectivity index is 0.000000847. The molecule has 3 aromatic rings. The average molecular weight is 676 g/mol. The van der Waals surface area contributed by atoms with Crippen molar-refractivity contribution in [3.05, 3.63) is 108 Å². The van der Waals surface area contributed by atoms with Crippen molar-refractivity contribution in [2.45, 2.75) is 97.6 Å². The lowest BCUT2D eigenvalue weighted by Gasteiger charge is -2.26. The molecule has 0 saturated heterocycles. The molecular weight excluding hydrogens is 618 g/mol. The Morgan fingerprint density at radius 2 is 1.20 bits per heavy atom. The highest BCUT2D eigenvalue weighted by atomic mass is 16.6. The van der Waals surface area contributed by atoms with Gasteiger partial charge in [0.05, 0.1) is 0 Å². The summed E-state index contributed by atoms with van der Waals surface area (Å²) in [5.74, 6) is -1.10. The minimum absolute atomic E-state index is 0. The van der Waals surface area contributed by atoms with Crippen molar-refractivity contribution in [1.29, 1.82) is 0 Å². The third-order valence-corrected chi connectivity index (χ3v) is 7.80. The van der Waals surface area contributed by atoms with Crippen molar-refractivity contribution in [3.63, 3.8) is 0 Å². The fraction of sp³-hybridized carbons (Fsp3) is 0.450. The van der Waals surface area contributed by atoms with E-state index in [9.17, 15) is 19.2 Å². The van der Waals surface area contributed by atoms with Gasteiger partial charge in [-0.1, -0.05) is 105 Å². The van der Waals surface area contributed by atoms with Crippen LogP contribution in [0.5, 0.6) is 0 Å². The summed E-state index contributed by atoms with van der Waals surface area (Å²) in [7, 11) is 0. The third-order valence-electron chi connectivity index (χ3n) is 7.80. The zero-order valence-electron chi connectivity index (χ0n) is 29.8. The van der Waals surface area contributed by atoms with Crippen LogP contribution in [0.3, 0.4) is 0 Å². The molecule has 0 aromatic heterocycles. The first-order valence-corrected chi connectivity index (χ1v) is 16.9. The largest absolute Gasteiger partial charge is 0.444 e. The van der Waals surface area contributed by atoms with Crippen molar-refractivity contribution < 1.29 is 29.4 Å². The maximum atomic E-state index is 13.5. The number of ether oxygens (including phenoxy) is 1. The molecule has 3 aromatic carbocycles. The highest BCUT2D eigenvalue weighted by Crippen LogP contribution is 2.24. The standard InChI is InChI=1S/C31H44N2O4.C9H11NO.H2O/c1-22(2)18-26(29(32)35)21-28(34)25(19-23-12-8-6-9-13-23)16-17-27(20-24-14-10-7-11-15-24)33-30(36)37-31(3,4)5;10-9(11)7-6-8-4-2-1-3-5-8;/h6-15,22,25-27H,16-21H2,1-5H3,(H2,32,35)(H,33,36);1-5H,6-7H2,(H2,10,11);1H2/t25-,26+,27+;;/m0../s1. The Bertz CT molecular complexity index is 1390. The molecule has 9 heteroatoms. The number of alkyl carbamates (subject to hydrolysis) is 1. The molecule has 0 fully saturated rings. The highest BCUT2D eigenvalue weighted by Gasteiger charge is 2.28. The van der Waals surface area contributed by atoms with Crippen LogP contribution in [0.2, 0.25) is 0 Å². The minimum atomic E-state index is -0.604. The number of aryl methyl sites for hydroxylation is 1. The van der Waals surface area contributed by atoms with Gasteiger partial charge in [0.25, 0.3) is 0 Å². The molecule has 0 heterocycles. The number of Topliss-reactive ketones (excluding diaryl/α,β-unsaturated/α-hetero) is 1. The topological polar surface area (TPSA) is 173 Å². The van der Waals surface area contributed by atoms with E-state index in [0.717, 1.165) is 23.1 Å². The number of benzene rings is 3. The second-order valence-electron chi connectivity index (χ2n) is 13.8. The Hall–Kier alpha value is -4.50. The zero-order valence-corrected chi connectivity index (χ0v) is 29.8. The van der Waals surface area contributed by atoms with Gasteiger partial charge >= 0.3 is 6.09 Å². The van der Waals surface area contributed by atoms with Crippen LogP contribution < -0.4 is 16.8 Å². The van der Waals surface area contributed by atoms with Crippen molar-refractivity contribution in [3.8, 4) is 0 Å². The number of nitrogens with two attached hydrogens (primary N) is 2. The third kappa shape index (κ3) is 19.2. The number of carbonyl (C=O) groups excluding carboxylic acids is 4. The minimum Gasteiger partial charge on any atom is -0.444 e. The molecule has 49 heavy (non-hydrogen) atoms. The summed E-state index contributed by atoms with van der Waals surface area (Å²) >= 11 is 0. The normalized spacial score (nSPS) is 12.7. The summed E-state index contributed by atoms with van der Waals surface area (Å²) in [6, 6.07) is 29.5. The Morgan fingerprint density at radius 3 is 1.65 bits per heavy atom. The van der Waals surface area contributed by atoms with Gasteiger partial charge in [-0.3, -0.25) is 14.4 Å². The summed E-state index contributed by atoms with van der Waals surface area (Å²) in [5.41, 5.74) is 13.4. The van der Waals surface area contributed by atoms with Gasteiger partial charge < -0.3 is 27.0 Å². The number of primary amides is 2. The summed E-state index contributed by atoms with van der Waals surface area (Å²) in [6.07, 6.45) is 3.84. The molecule has 0 aliphatic rings. The average Bonchev–Trinajstić information content (AvgIpc) is 3.02. The number of hydrogen-bond acceptors (Lipinski definition) is 5. The molecule has 0 unspecified atom stereocenters. The monoisotopic (exact) mass is 675 g/mol. The lowest BCUT2D eigenvalue weighted by atomic mass is 9.83. The van der Waals surface area contributed by atoms with E-state index in [-0.39, 0.29) is 41.5 Å². The number of amides is 3. The highest BCUT2D eigenvalue weighted by molar-refractivity contribution is 5.87. The molecule has 9 nitrogen and oxygen atoms in total. The summed E-state index contributed by atoms with van der Waals surface area (Å²) in [5, 5.41) is 3.02. The molecule has 3 atom stereocenters. The van der Waals surface area contributed by atoms with E-state index in [1.54, 1.807) is 0 Å². The number of rotatable bonds is 17. The molecule has 7 N–H and O–H groups in total. The molecule has 0 aliphatic carbocycles. The molecule has 268 valence electrons. The van der Waals surface area contributed by atoms with Crippen LogP contribution in [-0.2, 0) is 38.4 Å². The second-order valence-corrected chi connectivity index (χ2v) is 13.8. The van der Waals surface area contributed by atoms with E-state index >= 15 is 0 Å². The molecule has 0 saturated carbocycles. The van der Waals surface area contributed by atoms with Crippen LogP contribution in [0, 0.1) is 17.8 Å². The molecular formula is C40H57N3O6. The SMILES string of the molecule is CC(C)C[C@H](CC(=O)[C@@H](CC[C@H](Cc1ccccc1)NC(=O)OC(C)(C)C)Cc1ccccc1)C(N)=O.NC(=O)CCc1ccccc1.O. The first-order valence-electron chi connectivity index (χ1n) is 16.9. The predicted octanol–water partition coefficient (Wildman–Crippen LogP) is 6.15. The van der Waals surface area contributed by atoms with Crippen LogP contribution in [0.4, 0.5) is 4.79 Å². The number of nitrogens with one attached hydrogen (secondary N) is 1. The van der Waals surface area contributed by atoms with E-state index < -0.39 is 23.5 Å². The van der Waals surface area contributed by atoms with Gasteiger partial charge in [-0.2, -0.15) is 0 Å². The molecule has 0 radical (unpaired) electrons. The van der Waals surface area contributed by atoms with Crippen molar-refractivity contribution in [2.24, 2.45) is 29.2 Å². The van der Waals surface area contributed by atoms with Gasteiger partial charge in [0.2, 0.25) is 11.8 Å². The maximum absolute atomic E-state index is 13.5.